The summed E-state index contributed by atoms with van der Waals surface area (Å²) in [4.78, 5) is 36.7. The molecule has 1 aliphatic carbocycles. The second kappa shape index (κ2) is 7.87. The van der Waals surface area contributed by atoms with Crippen LogP contribution in [0.3, 0.4) is 0 Å². The van der Waals surface area contributed by atoms with Crippen LogP contribution in [0, 0.1) is 10.1 Å². The van der Waals surface area contributed by atoms with Crippen LogP contribution in [0.2, 0.25) is 0 Å². The first-order chi connectivity index (χ1) is 12.9. The van der Waals surface area contributed by atoms with Crippen molar-refractivity contribution in [2.45, 2.75) is 39.0 Å². The number of esters is 1. The van der Waals surface area contributed by atoms with Crippen molar-refractivity contribution in [1.82, 2.24) is 0 Å². The molecule has 2 aromatic rings. The summed E-state index contributed by atoms with van der Waals surface area (Å²) in [7, 11) is 0. The fourth-order valence-electron chi connectivity index (χ4n) is 3.34. The van der Waals surface area contributed by atoms with Crippen molar-refractivity contribution in [2.75, 3.05) is 11.9 Å². The predicted octanol–water partition coefficient (Wildman–Crippen LogP) is 4.53. The van der Waals surface area contributed by atoms with Crippen LogP contribution >= 0.6 is 11.3 Å². The molecule has 3 rings (SSSR count). The SMILES string of the molecule is CCOC(=O)c1c(NC(=O)c2cccc([N+](=O)[O-])c2)sc2c1C(C)CCC2. The molecule has 1 N–H and O–H groups in total. The Bertz CT molecular complexity index is 906. The summed E-state index contributed by atoms with van der Waals surface area (Å²) >= 11 is 1.39. The van der Waals surface area contributed by atoms with Crippen LogP contribution in [0.1, 0.15) is 63.8 Å². The number of hydrogen-bond donors (Lipinski definition) is 1. The first kappa shape index (κ1) is 19.0. The Morgan fingerprint density at radius 2 is 2.19 bits per heavy atom. The van der Waals surface area contributed by atoms with E-state index in [-0.39, 0.29) is 23.8 Å². The van der Waals surface area contributed by atoms with Crippen molar-refractivity contribution < 1.29 is 19.2 Å². The average molecular weight is 388 g/mol. The van der Waals surface area contributed by atoms with Crippen LogP contribution in [0.15, 0.2) is 24.3 Å². The van der Waals surface area contributed by atoms with Gasteiger partial charge < -0.3 is 10.1 Å². The monoisotopic (exact) mass is 388 g/mol. The highest BCUT2D eigenvalue weighted by Gasteiger charge is 2.31. The molecule has 7 nitrogen and oxygen atoms in total. The van der Waals surface area contributed by atoms with E-state index >= 15 is 0 Å². The maximum Gasteiger partial charge on any atom is 0.341 e. The molecule has 1 unspecified atom stereocenters. The number of rotatable bonds is 5. The van der Waals surface area contributed by atoms with Crippen LogP contribution in [-0.2, 0) is 11.2 Å². The summed E-state index contributed by atoms with van der Waals surface area (Å²) in [6.07, 6.45) is 2.88. The van der Waals surface area contributed by atoms with Crippen molar-refractivity contribution in [1.29, 1.82) is 0 Å². The molecule has 1 atom stereocenters. The summed E-state index contributed by atoms with van der Waals surface area (Å²) in [6.45, 7) is 4.05. The van der Waals surface area contributed by atoms with Gasteiger partial charge in [-0.15, -0.1) is 11.3 Å². The molecule has 142 valence electrons. The van der Waals surface area contributed by atoms with Gasteiger partial charge in [-0.05, 0) is 43.7 Å². The number of amides is 1. The lowest BCUT2D eigenvalue weighted by Gasteiger charge is -2.19. The Labute approximate surface area is 160 Å². The van der Waals surface area contributed by atoms with Gasteiger partial charge >= 0.3 is 5.97 Å². The number of benzene rings is 1. The highest BCUT2D eigenvalue weighted by atomic mass is 32.1. The molecule has 1 heterocycles. The smallest absolute Gasteiger partial charge is 0.341 e. The zero-order valence-electron chi connectivity index (χ0n) is 15.1. The topological polar surface area (TPSA) is 98.5 Å². The van der Waals surface area contributed by atoms with E-state index in [1.54, 1.807) is 6.92 Å². The summed E-state index contributed by atoms with van der Waals surface area (Å²) < 4.78 is 5.21. The number of nitro groups is 1. The Morgan fingerprint density at radius 1 is 1.41 bits per heavy atom. The van der Waals surface area contributed by atoms with Gasteiger partial charge in [0.1, 0.15) is 5.00 Å². The molecule has 8 heteroatoms. The van der Waals surface area contributed by atoms with E-state index < -0.39 is 16.8 Å². The molecule has 1 amide bonds. The number of aryl methyl sites for hydroxylation is 1. The lowest BCUT2D eigenvalue weighted by molar-refractivity contribution is -0.384. The minimum Gasteiger partial charge on any atom is -0.462 e. The summed E-state index contributed by atoms with van der Waals surface area (Å²) in [5.41, 5.74) is 1.38. The number of fused-ring (bicyclic) bond motifs is 1. The van der Waals surface area contributed by atoms with Gasteiger partial charge in [0.25, 0.3) is 11.6 Å². The van der Waals surface area contributed by atoms with E-state index in [9.17, 15) is 19.7 Å². The number of hydrogen-bond acceptors (Lipinski definition) is 6. The van der Waals surface area contributed by atoms with Crippen molar-refractivity contribution in [3.8, 4) is 0 Å². The molecule has 0 saturated heterocycles. The van der Waals surface area contributed by atoms with E-state index in [0.29, 0.717) is 10.6 Å². The molecule has 0 aliphatic heterocycles. The quantitative estimate of drug-likeness (QED) is 0.461. The first-order valence-corrected chi connectivity index (χ1v) is 9.62. The highest BCUT2D eigenvalue weighted by Crippen LogP contribution is 2.43. The van der Waals surface area contributed by atoms with E-state index in [0.717, 1.165) is 29.7 Å². The number of nitrogens with one attached hydrogen (secondary N) is 1. The summed E-state index contributed by atoms with van der Waals surface area (Å²) in [5.74, 6) is -0.721. The molecule has 0 fully saturated rings. The first-order valence-electron chi connectivity index (χ1n) is 8.80. The van der Waals surface area contributed by atoms with Gasteiger partial charge in [0, 0.05) is 22.6 Å². The number of anilines is 1. The van der Waals surface area contributed by atoms with E-state index in [2.05, 4.69) is 12.2 Å². The van der Waals surface area contributed by atoms with Gasteiger partial charge in [0.05, 0.1) is 17.1 Å². The van der Waals surface area contributed by atoms with E-state index in [1.807, 2.05) is 0 Å². The number of carbonyl (C=O) groups is 2. The third-order valence-corrected chi connectivity index (χ3v) is 5.76. The zero-order valence-corrected chi connectivity index (χ0v) is 15.9. The number of non-ortho nitro benzene ring substituents is 1. The maximum atomic E-state index is 12.6. The molecular formula is C19H20N2O5S. The lowest BCUT2D eigenvalue weighted by Crippen LogP contribution is -2.16. The fraction of sp³-hybridized carbons (Fsp3) is 0.368. The summed E-state index contributed by atoms with van der Waals surface area (Å²) in [6, 6.07) is 5.51. The Morgan fingerprint density at radius 3 is 2.89 bits per heavy atom. The zero-order chi connectivity index (χ0) is 19.6. The Hall–Kier alpha value is -2.74. The molecule has 0 bridgehead atoms. The standard InChI is InChI=1S/C19H20N2O5S/c1-3-26-19(23)16-15-11(2)6-4-9-14(15)27-18(16)20-17(22)12-7-5-8-13(10-12)21(24)25/h5,7-8,10-11H,3-4,6,9H2,1-2H3,(H,20,22). The van der Waals surface area contributed by atoms with Crippen LogP contribution < -0.4 is 5.32 Å². The lowest BCUT2D eigenvalue weighted by atomic mass is 9.86. The third-order valence-electron chi connectivity index (χ3n) is 4.58. The largest absolute Gasteiger partial charge is 0.462 e. The van der Waals surface area contributed by atoms with Crippen LogP contribution in [-0.4, -0.2) is 23.4 Å². The minimum atomic E-state index is -0.549. The highest BCUT2D eigenvalue weighted by molar-refractivity contribution is 7.17. The van der Waals surface area contributed by atoms with Gasteiger partial charge in [0.2, 0.25) is 0 Å². The molecular weight excluding hydrogens is 368 g/mol. The van der Waals surface area contributed by atoms with Crippen LogP contribution in [0.25, 0.3) is 0 Å². The maximum absolute atomic E-state index is 12.6. The van der Waals surface area contributed by atoms with Crippen LogP contribution in [0.4, 0.5) is 10.7 Å². The number of thiophene rings is 1. The summed E-state index contributed by atoms with van der Waals surface area (Å²) in [5, 5.41) is 14.1. The van der Waals surface area contributed by atoms with Crippen LogP contribution in [0.5, 0.6) is 0 Å². The van der Waals surface area contributed by atoms with Crippen molar-refractivity contribution in [3.63, 3.8) is 0 Å². The normalized spacial score (nSPS) is 15.7. The van der Waals surface area contributed by atoms with Gasteiger partial charge in [-0.25, -0.2) is 4.79 Å². The van der Waals surface area contributed by atoms with Crippen molar-refractivity contribution in [3.05, 3.63) is 55.9 Å². The molecule has 0 saturated carbocycles. The van der Waals surface area contributed by atoms with Gasteiger partial charge in [-0.1, -0.05) is 13.0 Å². The van der Waals surface area contributed by atoms with Gasteiger partial charge in [0.15, 0.2) is 0 Å². The molecule has 1 aliphatic rings. The Kier molecular flexibility index (Phi) is 5.55. The molecule has 1 aromatic carbocycles. The predicted molar refractivity (Wildman–Crippen MR) is 103 cm³/mol. The van der Waals surface area contributed by atoms with Gasteiger partial charge in [-0.3, -0.25) is 14.9 Å². The van der Waals surface area contributed by atoms with Crippen molar-refractivity contribution >= 4 is 33.9 Å². The molecule has 0 radical (unpaired) electrons. The van der Waals surface area contributed by atoms with E-state index in [1.165, 1.54) is 35.6 Å². The number of nitrogens with zero attached hydrogens (tertiary/aromatic N) is 1. The minimum absolute atomic E-state index is 0.160. The molecule has 0 spiro atoms. The molecule has 1 aromatic heterocycles. The number of carbonyl (C=O) groups excluding carboxylic acids is 2. The fourth-order valence-corrected chi connectivity index (χ4v) is 4.69. The van der Waals surface area contributed by atoms with Crippen molar-refractivity contribution in [2.24, 2.45) is 0 Å². The third kappa shape index (κ3) is 3.85. The van der Waals surface area contributed by atoms with E-state index in [4.69, 9.17) is 4.74 Å². The average Bonchev–Trinajstić information content (AvgIpc) is 3.01. The Balaban J connectivity index is 1.97. The number of ether oxygens (including phenoxy) is 1. The second-order valence-electron chi connectivity index (χ2n) is 6.42. The number of nitro benzene ring substituents is 1. The van der Waals surface area contributed by atoms with Gasteiger partial charge in [-0.2, -0.15) is 0 Å². The molecule has 27 heavy (non-hydrogen) atoms. The second-order valence-corrected chi connectivity index (χ2v) is 7.52.